The van der Waals surface area contributed by atoms with Crippen molar-refractivity contribution in [2.45, 2.75) is 20.8 Å². The molecule has 144 valence electrons. The van der Waals surface area contributed by atoms with Crippen molar-refractivity contribution in [3.63, 3.8) is 0 Å². The maximum absolute atomic E-state index is 12.5. The molecule has 1 N–H and O–H groups in total. The highest BCUT2D eigenvalue weighted by atomic mass is 16.6. The van der Waals surface area contributed by atoms with E-state index in [2.05, 4.69) is 24.1 Å². The van der Waals surface area contributed by atoms with Gasteiger partial charge in [-0.2, -0.15) is 0 Å². The van der Waals surface area contributed by atoms with Gasteiger partial charge in [0, 0.05) is 30.2 Å². The number of carbonyl (C=O) groups is 1. The smallest absolute Gasteiger partial charge is 0.282 e. The highest BCUT2D eigenvalue weighted by molar-refractivity contribution is 6.07. The number of pyridine rings is 1. The van der Waals surface area contributed by atoms with Crippen LogP contribution >= 0.6 is 0 Å². The predicted molar refractivity (Wildman–Crippen MR) is 111 cm³/mol. The fourth-order valence-electron chi connectivity index (χ4n) is 3.19. The predicted octanol–water partition coefficient (Wildman–Crippen LogP) is 4.55. The molecular formula is C21H22N4O3. The van der Waals surface area contributed by atoms with Crippen LogP contribution in [0, 0.1) is 17.0 Å². The first-order valence-electron chi connectivity index (χ1n) is 9.15. The number of nitrogens with one attached hydrogen (secondary N) is 1. The van der Waals surface area contributed by atoms with Gasteiger partial charge in [0.15, 0.2) is 0 Å². The zero-order chi connectivity index (χ0) is 20.3. The highest BCUT2D eigenvalue weighted by Crippen LogP contribution is 2.26. The number of nitrogens with zero attached hydrogens (tertiary/aromatic N) is 3. The molecule has 3 rings (SSSR count). The molecule has 0 saturated carbocycles. The van der Waals surface area contributed by atoms with Gasteiger partial charge in [0.1, 0.15) is 11.4 Å². The van der Waals surface area contributed by atoms with E-state index in [1.54, 1.807) is 12.1 Å². The summed E-state index contributed by atoms with van der Waals surface area (Å²) in [6, 6.07) is 13.4. The van der Waals surface area contributed by atoms with Gasteiger partial charge >= 0.3 is 0 Å². The van der Waals surface area contributed by atoms with Crippen LogP contribution in [0.4, 0.5) is 17.2 Å². The second kappa shape index (κ2) is 8.04. The summed E-state index contributed by atoms with van der Waals surface area (Å²) in [6.45, 7) is 7.93. The zero-order valence-corrected chi connectivity index (χ0v) is 16.1. The summed E-state index contributed by atoms with van der Waals surface area (Å²) < 4.78 is 0. The van der Waals surface area contributed by atoms with Gasteiger partial charge in [0.25, 0.3) is 11.6 Å². The number of aromatic nitrogens is 1. The molecule has 28 heavy (non-hydrogen) atoms. The quantitative estimate of drug-likeness (QED) is 0.502. The van der Waals surface area contributed by atoms with Crippen molar-refractivity contribution in [2.75, 3.05) is 23.3 Å². The number of rotatable bonds is 6. The number of carbonyl (C=O) groups excluding carboxylic acids is 1. The van der Waals surface area contributed by atoms with Crippen LogP contribution in [0.2, 0.25) is 0 Å². The van der Waals surface area contributed by atoms with Gasteiger partial charge in [0.05, 0.1) is 10.4 Å². The summed E-state index contributed by atoms with van der Waals surface area (Å²) in [6.07, 6.45) is 0. The van der Waals surface area contributed by atoms with Crippen LogP contribution in [-0.4, -0.2) is 28.9 Å². The topological polar surface area (TPSA) is 88.4 Å². The molecule has 0 aliphatic heterocycles. The Morgan fingerprint density at radius 2 is 1.86 bits per heavy atom. The third-order valence-electron chi connectivity index (χ3n) is 4.69. The maximum atomic E-state index is 12.5. The van der Waals surface area contributed by atoms with Crippen molar-refractivity contribution in [2.24, 2.45) is 0 Å². The zero-order valence-electron chi connectivity index (χ0n) is 16.1. The van der Waals surface area contributed by atoms with Crippen LogP contribution in [0.15, 0.2) is 48.5 Å². The fourth-order valence-corrected chi connectivity index (χ4v) is 3.19. The molecule has 0 aliphatic carbocycles. The summed E-state index contributed by atoms with van der Waals surface area (Å²) >= 11 is 0. The number of amides is 1. The lowest BCUT2D eigenvalue weighted by atomic mass is 10.1. The first-order valence-corrected chi connectivity index (χ1v) is 9.15. The average molecular weight is 378 g/mol. The maximum Gasteiger partial charge on any atom is 0.282 e. The van der Waals surface area contributed by atoms with Crippen molar-refractivity contribution >= 4 is 34.0 Å². The Balaban J connectivity index is 1.93. The molecule has 0 unspecified atom stereocenters. The summed E-state index contributed by atoms with van der Waals surface area (Å²) in [5, 5.41) is 14.8. The van der Waals surface area contributed by atoms with Gasteiger partial charge in [-0.3, -0.25) is 14.9 Å². The van der Waals surface area contributed by atoms with Crippen LogP contribution < -0.4 is 10.2 Å². The molecule has 2 aromatic carbocycles. The molecule has 1 amide bonds. The largest absolute Gasteiger partial charge is 0.357 e. The van der Waals surface area contributed by atoms with E-state index in [-0.39, 0.29) is 11.3 Å². The van der Waals surface area contributed by atoms with Gasteiger partial charge < -0.3 is 10.2 Å². The lowest BCUT2D eigenvalue weighted by Crippen LogP contribution is -2.23. The van der Waals surface area contributed by atoms with Crippen molar-refractivity contribution in [1.29, 1.82) is 0 Å². The number of nitro groups is 1. The minimum absolute atomic E-state index is 0.0272. The molecule has 0 saturated heterocycles. The molecule has 0 fully saturated rings. The minimum atomic E-state index is -0.557. The first-order chi connectivity index (χ1) is 13.4. The Hall–Kier alpha value is -3.48. The minimum Gasteiger partial charge on any atom is -0.357 e. The number of benzene rings is 2. The van der Waals surface area contributed by atoms with Crippen molar-refractivity contribution in [1.82, 2.24) is 4.98 Å². The molecule has 1 aromatic heterocycles. The Morgan fingerprint density at radius 3 is 2.54 bits per heavy atom. The summed E-state index contributed by atoms with van der Waals surface area (Å²) in [7, 11) is 0. The molecule has 0 spiro atoms. The second-order valence-corrected chi connectivity index (χ2v) is 6.43. The van der Waals surface area contributed by atoms with Gasteiger partial charge in [0.2, 0.25) is 0 Å². The van der Waals surface area contributed by atoms with Crippen molar-refractivity contribution in [3.05, 3.63) is 69.8 Å². The number of fused-ring (bicyclic) bond motifs is 1. The molecule has 7 nitrogen and oxygen atoms in total. The average Bonchev–Trinajstić information content (AvgIpc) is 2.69. The van der Waals surface area contributed by atoms with E-state index in [0.29, 0.717) is 5.69 Å². The standard InChI is InChI=1S/C21H22N4O3/c1-4-24(5-2)20-12-14(3)17-13-15(10-11-18(17)23-20)22-21(26)16-8-6-7-9-19(16)25(27)28/h6-13H,4-5H2,1-3H3,(H,22,26). The Labute approximate surface area is 163 Å². The van der Waals surface area contributed by atoms with E-state index in [1.807, 2.05) is 25.1 Å². The van der Waals surface area contributed by atoms with Crippen LogP contribution in [0.3, 0.4) is 0 Å². The number of hydrogen-bond donors (Lipinski definition) is 1. The molecule has 0 bridgehead atoms. The third-order valence-corrected chi connectivity index (χ3v) is 4.69. The molecule has 0 atom stereocenters. The number of anilines is 2. The number of hydrogen-bond acceptors (Lipinski definition) is 5. The van der Waals surface area contributed by atoms with Crippen molar-refractivity contribution in [3.8, 4) is 0 Å². The Morgan fingerprint density at radius 1 is 1.14 bits per heavy atom. The van der Waals surface area contributed by atoms with Crippen molar-refractivity contribution < 1.29 is 9.72 Å². The monoisotopic (exact) mass is 378 g/mol. The molecule has 0 radical (unpaired) electrons. The van der Waals surface area contributed by atoms with Gasteiger partial charge in [-0.25, -0.2) is 4.98 Å². The Bertz CT molecular complexity index is 1050. The van der Waals surface area contributed by atoms with Gasteiger partial charge in [-0.15, -0.1) is 0 Å². The third kappa shape index (κ3) is 3.78. The van der Waals surface area contributed by atoms with E-state index in [1.165, 1.54) is 18.2 Å². The van der Waals surface area contributed by atoms with Crippen LogP contribution in [0.5, 0.6) is 0 Å². The first kappa shape index (κ1) is 19.3. The molecule has 0 aliphatic rings. The van der Waals surface area contributed by atoms with Crippen LogP contribution in [-0.2, 0) is 0 Å². The lowest BCUT2D eigenvalue weighted by Gasteiger charge is -2.21. The molecule has 1 heterocycles. The van der Waals surface area contributed by atoms with Gasteiger partial charge in [-0.1, -0.05) is 12.1 Å². The van der Waals surface area contributed by atoms with E-state index >= 15 is 0 Å². The highest BCUT2D eigenvalue weighted by Gasteiger charge is 2.19. The van der Waals surface area contributed by atoms with E-state index < -0.39 is 10.8 Å². The van der Waals surface area contributed by atoms with E-state index in [4.69, 9.17) is 4.98 Å². The van der Waals surface area contributed by atoms with Crippen LogP contribution in [0.1, 0.15) is 29.8 Å². The second-order valence-electron chi connectivity index (χ2n) is 6.43. The normalized spacial score (nSPS) is 10.7. The Kier molecular flexibility index (Phi) is 5.54. The fraction of sp³-hybridized carbons (Fsp3) is 0.238. The lowest BCUT2D eigenvalue weighted by molar-refractivity contribution is -0.385. The number of nitro benzene ring substituents is 1. The summed E-state index contributed by atoms with van der Waals surface area (Å²) in [5.74, 6) is 0.406. The van der Waals surface area contributed by atoms with Crippen LogP contribution in [0.25, 0.3) is 10.9 Å². The summed E-state index contributed by atoms with van der Waals surface area (Å²) in [5.41, 5.74) is 2.26. The number of aryl methyl sites for hydroxylation is 1. The van der Waals surface area contributed by atoms with E-state index in [9.17, 15) is 14.9 Å². The molecule has 7 heteroatoms. The summed E-state index contributed by atoms with van der Waals surface area (Å²) in [4.78, 5) is 30.0. The molecule has 3 aromatic rings. The van der Waals surface area contributed by atoms with Gasteiger partial charge in [-0.05, 0) is 56.7 Å². The SMILES string of the molecule is CCN(CC)c1cc(C)c2cc(NC(=O)c3ccccc3[N+](=O)[O-])ccc2n1. The molecular weight excluding hydrogens is 356 g/mol. The number of para-hydroxylation sites is 1. The van der Waals surface area contributed by atoms with E-state index in [0.717, 1.165) is 35.4 Å².